The van der Waals surface area contributed by atoms with Crippen LogP contribution in [0.15, 0.2) is 17.0 Å². The maximum absolute atomic E-state index is 11.8. The molecule has 1 atom stereocenters. The molecule has 1 unspecified atom stereocenters. The maximum atomic E-state index is 11.8. The van der Waals surface area contributed by atoms with Crippen molar-refractivity contribution in [3.05, 3.63) is 22.6 Å². The van der Waals surface area contributed by atoms with Gasteiger partial charge in [0.2, 0.25) is 0 Å². The van der Waals surface area contributed by atoms with Crippen LogP contribution in [0.25, 0.3) is 6.08 Å². The first kappa shape index (κ1) is 19.4. The molecule has 9 heteroatoms. The molecule has 25 heavy (non-hydrogen) atoms. The van der Waals surface area contributed by atoms with Gasteiger partial charge < -0.3 is 20.1 Å². The van der Waals surface area contributed by atoms with Crippen LogP contribution < -0.4 is 25.4 Å². The lowest BCUT2D eigenvalue weighted by molar-refractivity contribution is -0.115. The Balaban J connectivity index is 0.00000225. The monoisotopic (exact) mass is 385 g/mol. The molecule has 2 amide bonds. The molecule has 2 aliphatic heterocycles. The smallest absolute Gasteiger partial charge is 0.290 e. The third-order valence-electron chi connectivity index (χ3n) is 4.03. The molecule has 0 spiro atoms. The molecule has 1 aromatic rings. The maximum Gasteiger partial charge on any atom is 0.290 e. The number of methoxy groups -OCH3 is 2. The standard InChI is InChI=1S/C16H19N3O4S.ClH/c1-22-12-5-9(6-14-15(20)18-16(21)24-14)11(7-13(12)23-2)19-4-3-10(17)8-19;/h5-7,10H,3-4,8,17H2,1-2H3,(H,18,20,21);1H. The summed E-state index contributed by atoms with van der Waals surface area (Å²) in [5, 5.41) is 1.90. The van der Waals surface area contributed by atoms with E-state index >= 15 is 0 Å². The molecule has 3 N–H and O–H groups in total. The van der Waals surface area contributed by atoms with Crippen molar-refractivity contribution < 1.29 is 19.1 Å². The van der Waals surface area contributed by atoms with Crippen LogP contribution >= 0.6 is 24.2 Å². The summed E-state index contributed by atoms with van der Waals surface area (Å²) in [5.74, 6) is 0.782. The lowest BCUT2D eigenvalue weighted by Gasteiger charge is -2.22. The number of carbonyl (C=O) groups excluding carboxylic acids is 2. The second-order valence-electron chi connectivity index (χ2n) is 5.61. The molecule has 1 aromatic carbocycles. The van der Waals surface area contributed by atoms with E-state index in [9.17, 15) is 9.59 Å². The topological polar surface area (TPSA) is 93.9 Å². The lowest BCUT2D eigenvalue weighted by Crippen LogP contribution is -2.26. The van der Waals surface area contributed by atoms with Gasteiger partial charge in [-0.05, 0) is 30.3 Å². The molecule has 0 aliphatic carbocycles. The van der Waals surface area contributed by atoms with Crippen LogP contribution in [0.4, 0.5) is 10.5 Å². The molecule has 7 nitrogen and oxygen atoms in total. The van der Waals surface area contributed by atoms with Crippen LogP contribution in [-0.4, -0.2) is 44.5 Å². The zero-order valence-electron chi connectivity index (χ0n) is 13.9. The van der Waals surface area contributed by atoms with Crippen molar-refractivity contribution in [3.63, 3.8) is 0 Å². The average molecular weight is 386 g/mol. The van der Waals surface area contributed by atoms with Gasteiger partial charge in [0.1, 0.15) is 0 Å². The zero-order chi connectivity index (χ0) is 17.3. The van der Waals surface area contributed by atoms with E-state index in [1.807, 2.05) is 12.1 Å². The van der Waals surface area contributed by atoms with Gasteiger partial charge in [-0.15, -0.1) is 12.4 Å². The number of rotatable bonds is 4. The molecule has 136 valence electrons. The van der Waals surface area contributed by atoms with Crippen LogP contribution in [0, 0.1) is 0 Å². The first-order valence-electron chi connectivity index (χ1n) is 7.53. The third kappa shape index (κ3) is 4.02. The van der Waals surface area contributed by atoms with Gasteiger partial charge in [-0.3, -0.25) is 14.9 Å². The second kappa shape index (κ2) is 7.99. The largest absolute Gasteiger partial charge is 0.493 e. The quantitative estimate of drug-likeness (QED) is 0.765. The molecule has 2 saturated heterocycles. The highest BCUT2D eigenvalue weighted by Gasteiger charge is 2.27. The minimum atomic E-state index is -0.385. The average Bonchev–Trinajstić information content (AvgIpc) is 3.12. The number of hydrogen-bond acceptors (Lipinski definition) is 7. The first-order valence-corrected chi connectivity index (χ1v) is 8.35. The Kier molecular flexibility index (Phi) is 6.21. The van der Waals surface area contributed by atoms with E-state index in [2.05, 4.69) is 10.2 Å². The molecule has 2 fully saturated rings. The van der Waals surface area contributed by atoms with Crippen LogP contribution in [0.3, 0.4) is 0 Å². The van der Waals surface area contributed by atoms with Crippen LogP contribution in [0.1, 0.15) is 12.0 Å². The van der Waals surface area contributed by atoms with Crippen molar-refractivity contribution in [3.8, 4) is 11.5 Å². The highest BCUT2D eigenvalue weighted by Crippen LogP contribution is 2.38. The number of amides is 2. The molecular formula is C16H20ClN3O4S. The van der Waals surface area contributed by atoms with E-state index in [4.69, 9.17) is 15.2 Å². The summed E-state index contributed by atoms with van der Waals surface area (Å²) in [7, 11) is 3.13. The van der Waals surface area contributed by atoms with E-state index in [0.29, 0.717) is 16.4 Å². The highest BCUT2D eigenvalue weighted by atomic mass is 35.5. The number of halogens is 1. The number of carbonyl (C=O) groups is 2. The Morgan fingerprint density at radius 3 is 2.48 bits per heavy atom. The van der Waals surface area contributed by atoms with Gasteiger partial charge >= 0.3 is 0 Å². The second-order valence-corrected chi connectivity index (χ2v) is 6.63. The number of nitrogens with zero attached hydrogens (tertiary/aromatic N) is 1. The summed E-state index contributed by atoms with van der Waals surface area (Å²) in [4.78, 5) is 25.7. The minimum absolute atomic E-state index is 0. The van der Waals surface area contributed by atoms with Crippen molar-refractivity contribution in [2.75, 3.05) is 32.2 Å². The van der Waals surface area contributed by atoms with Gasteiger partial charge in [-0.25, -0.2) is 0 Å². The summed E-state index contributed by atoms with van der Waals surface area (Å²) in [6.45, 7) is 1.55. The van der Waals surface area contributed by atoms with E-state index in [0.717, 1.165) is 42.5 Å². The molecular weight excluding hydrogens is 366 g/mol. The normalized spacial score (nSPS) is 21.3. The van der Waals surface area contributed by atoms with Gasteiger partial charge in [-0.1, -0.05) is 0 Å². The zero-order valence-corrected chi connectivity index (χ0v) is 15.5. The van der Waals surface area contributed by atoms with Gasteiger partial charge in [0.05, 0.1) is 19.1 Å². The summed E-state index contributed by atoms with van der Waals surface area (Å²) >= 11 is 0.890. The van der Waals surface area contributed by atoms with Crippen molar-refractivity contribution in [1.29, 1.82) is 0 Å². The third-order valence-corrected chi connectivity index (χ3v) is 4.84. The predicted octanol–water partition coefficient (Wildman–Crippen LogP) is 1.99. The summed E-state index contributed by atoms with van der Waals surface area (Å²) < 4.78 is 10.7. The summed E-state index contributed by atoms with van der Waals surface area (Å²) in [6, 6.07) is 3.80. The molecule has 0 radical (unpaired) electrons. The number of anilines is 1. The van der Waals surface area contributed by atoms with Crippen LogP contribution in [0.5, 0.6) is 11.5 Å². The molecule has 0 aromatic heterocycles. The Morgan fingerprint density at radius 2 is 1.96 bits per heavy atom. The van der Waals surface area contributed by atoms with Gasteiger partial charge in [-0.2, -0.15) is 0 Å². The van der Waals surface area contributed by atoms with Crippen molar-refractivity contribution >= 4 is 47.1 Å². The van der Waals surface area contributed by atoms with Crippen molar-refractivity contribution in [2.24, 2.45) is 5.73 Å². The number of benzene rings is 1. The Labute approximate surface area is 156 Å². The van der Waals surface area contributed by atoms with E-state index in [-0.39, 0.29) is 29.6 Å². The fourth-order valence-electron chi connectivity index (χ4n) is 2.84. The van der Waals surface area contributed by atoms with E-state index in [1.54, 1.807) is 20.3 Å². The predicted molar refractivity (Wildman–Crippen MR) is 101 cm³/mol. The molecule has 2 aliphatic rings. The fourth-order valence-corrected chi connectivity index (χ4v) is 3.51. The van der Waals surface area contributed by atoms with Crippen molar-refractivity contribution in [1.82, 2.24) is 5.32 Å². The number of imide groups is 1. The molecule has 0 saturated carbocycles. The fraction of sp³-hybridized carbons (Fsp3) is 0.375. The van der Waals surface area contributed by atoms with Crippen LogP contribution in [-0.2, 0) is 4.79 Å². The molecule has 2 heterocycles. The Bertz CT molecular complexity index is 726. The van der Waals surface area contributed by atoms with Crippen molar-refractivity contribution in [2.45, 2.75) is 12.5 Å². The Hall–Kier alpha value is -1.90. The van der Waals surface area contributed by atoms with E-state index in [1.165, 1.54) is 0 Å². The van der Waals surface area contributed by atoms with Crippen LogP contribution in [0.2, 0.25) is 0 Å². The van der Waals surface area contributed by atoms with Gasteiger partial charge in [0.25, 0.3) is 11.1 Å². The van der Waals surface area contributed by atoms with Gasteiger partial charge in [0, 0.05) is 36.4 Å². The lowest BCUT2D eigenvalue weighted by atomic mass is 10.1. The molecule has 3 rings (SSSR count). The SMILES string of the molecule is COc1cc(C=C2SC(=O)NC2=O)c(N2CCC(N)C2)cc1OC.Cl. The Morgan fingerprint density at radius 1 is 1.28 bits per heavy atom. The number of hydrogen-bond donors (Lipinski definition) is 2. The number of nitrogens with two attached hydrogens (primary N) is 1. The summed E-state index contributed by atoms with van der Waals surface area (Å²) in [6.07, 6.45) is 2.60. The first-order chi connectivity index (χ1) is 11.5. The number of thioether (sulfide) groups is 1. The number of ether oxygens (including phenoxy) is 2. The molecule has 0 bridgehead atoms. The minimum Gasteiger partial charge on any atom is -0.493 e. The number of nitrogens with one attached hydrogen (secondary N) is 1. The highest BCUT2D eigenvalue weighted by molar-refractivity contribution is 8.18. The summed E-state index contributed by atoms with van der Waals surface area (Å²) in [5.41, 5.74) is 7.71. The van der Waals surface area contributed by atoms with Gasteiger partial charge in [0.15, 0.2) is 11.5 Å². The van der Waals surface area contributed by atoms with E-state index < -0.39 is 0 Å².